The van der Waals surface area contributed by atoms with Crippen molar-refractivity contribution in [3.63, 3.8) is 0 Å². The molecule has 1 heteroatoms. The van der Waals surface area contributed by atoms with Gasteiger partial charge in [0, 0.05) is 10.9 Å². The van der Waals surface area contributed by atoms with E-state index >= 15 is 0 Å². The van der Waals surface area contributed by atoms with Crippen molar-refractivity contribution in [2.24, 2.45) is 5.92 Å². The van der Waals surface area contributed by atoms with Gasteiger partial charge < -0.3 is 4.42 Å². The Hall–Kier alpha value is -2.02. The van der Waals surface area contributed by atoms with Gasteiger partial charge in [0.25, 0.3) is 0 Å². The Morgan fingerprint density at radius 2 is 2.10 bits per heavy atom. The van der Waals surface area contributed by atoms with Crippen LogP contribution in [0.15, 0.2) is 46.4 Å². The van der Waals surface area contributed by atoms with Gasteiger partial charge in [0.2, 0.25) is 0 Å². The molecule has 1 heterocycles. The monoisotopic (exact) mass is 276 g/mol. The lowest BCUT2D eigenvalue weighted by molar-refractivity contribution is 0.595. The number of allylic oxidation sites excluding steroid dienone is 5. The van der Waals surface area contributed by atoms with E-state index in [0.29, 0.717) is 5.92 Å². The predicted molar refractivity (Wildman–Crippen MR) is 89.1 cm³/mol. The van der Waals surface area contributed by atoms with Crippen LogP contribution >= 0.6 is 0 Å². The number of aryl methyl sites for hydroxylation is 1. The fourth-order valence-corrected chi connectivity index (χ4v) is 3.60. The van der Waals surface area contributed by atoms with Crippen molar-refractivity contribution in [2.45, 2.75) is 33.1 Å². The molecule has 1 aromatic carbocycles. The van der Waals surface area contributed by atoms with E-state index in [1.807, 2.05) is 0 Å². The van der Waals surface area contributed by atoms with E-state index in [1.54, 1.807) is 0 Å². The normalized spacial score (nSPS) is 21.1. The maximum atomic E-state index is 5.96. The van der Waals surface area contributed by atoms with Gasteiger partial charge in [-0.15, -0.1) is 0 Å². The van der Waals surface area contributed by atoms with Crippen LogP contribution in [0, 0.1) is 5.92 Å². The first kappa shape index (κ1) is 12.7. The van der Waals surface area contributed by atoms with Crippen LogP contribution in [0.25, 0.3) is 22.6 Å². The molecule has 21 heavy (non-hydrogen) atoms. The Labute approximate surface area is 125 Å². The molecule has 0 fully saturated rings. The molecule has 2 aliphatic rings. The molecule has 106 valence electrons. The van der Waals surface area contributed by atoms with Crippen LogP contribution < -0.4 is 0 Å². The predicted octanol–water partition coefficient (Wildman–Crippen LogP) is 5.76. The van der Waals surface area contributed by atoms with E-state index in [4.69, 9.17) is 4.42 Å². The molecule has 0 amide bonds. The van der Waals surface area contributed by atoms with Crippen molar-refractivity contribution in [1.82, 2.24) is 0 Å². The third kappa shape index (κ3) is 2.08. The third-order valence-corrected chi connectivity index (χ3v) is 4.69. The summed E-state index contributed by atoms with van der Waals surface area (Å²) in [5.41, 5.74) is 6.66. The van der Waals surface area contributed by atoms with Crippen LogP contribution in [0.1, 0.15) is 43.6 Å². The minimum Gasteiger partial charge on any atom is -0.456 e. The van der Waals surface area contributed by atoms with Gasteiger partial charge in [-0.1, -0.05) is 36.8 Å². The summed E-state index contributed by atoms with van der Waals surface area (Å²) >= 11 is 0. The Bertz CT molecular complexity index is 799. The van der Waals surface area contributed by atoms with Crippen LogP contribution in [0.4, 0.5) is 0 Å². The minimum absolute atomic E-state index is 0.593. The summed E-state index contributed by atoms with van der Waals surface area (Å²) in [7, 11) is 0. The summed E-state index contributed by atoms with van der Waals surface area (Å²) in [5, 5.41) is 1.30. The molecule has 1 unspecified atom stereocenters. The quantitative estimate of drug-likeness (QED) is 0.645. The lowest BCUT2D eigenvalue weighted by atomic mass is 9.84. The number of benzene rings is 1. The van der Waals surface area contributed by atoms with Crippen molar-refractivity contribution in [2.75, 3.05) is 0 Å². The van der Waals surface area contributed by atoms with E-state index in [0.717, 1.165) is 30.6 Å². The molecule has 2 aromatic rings. The molecule has 1 nitrogen and oxygen atoms in total. The highest BCUT2D eigenvalue weighted by Gasteiger charge is 2.18. The van der Waals surface area contributed by atoms with Gasteiger partial charge in [0.1, 0.15) is 11.3 Å². The van der Waals surface area contributed by atoms with Gasteiger partial charge in [-0.25, -0.2) is 0 Å². The third-order valence-electron chi connectivity index (χ3n) is 4.69. The number of fused-ring (bicyclic) bond motifs is 3. The zero-order valence-corrected chi connectivity index (χ0v) is 12.6. The fourth-order valence-electron chi connectivity index (χ4n) is 3.60. The molecule has 0 saturated carbocycles. The fraction of sp³-hybridized carbons (Fsp3) is 0.300. The van der Waals surface area contributed by atoms with Gasteiger partial charge in [-0.3, -0.25) is 0 Å². The SMILES string of the molecule is CC1=CC=C(c2ccc3oc4c(c3c2)CCC=C4)C(C)C1. The minimum atomic E-state index is 0.593. The average Bonchev–Trinajstić information content (AvgIpc) is 2.85. The molecule has 0 N–H and O–H groups in total. The van der Waals surface area contributed by atoms with E-state index in [9.17, 15) is 0 Å². The molecule has 1 aromatic heterocycles. The lowest BCUT2D eigenvalue weighted by Crippen LogP contribution is -2.03. The highest BCUT2D eigenvalue weighted by molar-refractivity contribution is 5.89. The highest BCUT2D eigenvalue weighted by Crippen LogP contribution is 2.36. The van der Waals surface area contributed by atoms with Gasteiger partial charge >= 0.3 is 0 Å². The van der Waals surface area contributed by atoms with Crippen LogP contribution in [-0.2, 0) is 6.42 Å². The molecule has 1 atom stereocenters. The molecule has 0 spiro atoms. The van der Waals surface area contributed by atoms with Crippen LogP contribution in [0.5, 0.6) is 0 Å². The highest BCUT2D eigenvalue weighted by atomic mass is 16.3. The Balaban J connectivity index is 1.86. The summed E-state index contributed by atoms with van der Waals surface area (Å²) in [6.45, 7) is 4.53. The van der Waals surface area contributed by atoms with Crippen molar-refractivity contribution in [1.29, 1.82) is 0 Å². The average molecular weight is 276 g/mol. The maximum absolute atomic E-state index is 5.96. The van der Waals surface area contributed by atoms with Gasteiger partial charge in [-0.2, -0.15) is 0 Å². The van der Waals surface area contributed by atoms with E-state index in [-0.39, 0.29) is 0 Å². The zero-order chi connectivity index (χ0) is 14.4. The van der Waals surface area contributed by atoms with Crippen LogP contribution in [0.3, 0.4) is 0 Å². The second-order valence-electron chi connectivity index (χ2n) is 6.34. The first-order valence-corrected chi connectivity index (χ1v) is 7.82. The first-order chi connectivity index (χ1) is 10.2. The smallest absolute Gasteiger partial charge is 0.135 e. The number of hydrogen-bond acceptors (Lipinski definition) is 1. The largest absolute Gasteiger partial charge is 0.456 e. The zero-order valence-electron chi connectivity index (χ0n) is 12.6. The van der Waals surface area contributed by atoms with Gasteiger partial charge in [-0.05, 0) is 61.4 Å². The topological polar surface area (TPSA) is 13.1 Å². The standard InChI is InChI=1S/C20H20O/c1-13-7-9-16(14(2)11-13)15-8-10-20-18(12-15)17-5-3-4-6-19(17)21-20/h4,6-10,12,14H,3,5,11H2,1-2H3. The van der Waals surface area contributed by atoms with Crippen molar-refractivity contribution >= 4 is 22.6 Å². The van der Waals surface area contributed by atoms with Crippen LogP contribution in [0.2, 0.25) is 0 Å². The van der Waals surface area contributed by atoms with E-state index in [1.165, 1.54) is 27.7 Å². The number of hydrogen-bond donors (Lipinski definition) is 0. The second kappa shape index (κ2) is 4.77. The van der Waals surface area contributed by atoms with Gasteiger partial charge in [0.05, 0.1) is 0 Å². The van der Waals surface area contributed by atoms with Crippen molar-refractivity contribution in [3.05, 3.63) is 58.9 Å². The van der Waals surface area contributed by atoms with Crippen LogP contribution in [-0.4, -0.2) is 0 Å². The summed E-state index contributed by atoms with van der Waals surface area (Å²) in [6, 6.07) is 6.67. The molecular weight excluding hydrogens is 256 g/mol. The Kier molecular flexibility index (Phi) is 2.88. The Morgan fingerprint density at radius 3 is 2.95 bits per heavy atom. The summed E-state index contributed by atoms with van der Waals surface area (Å²) in [5.74, 6) is 1.64. The molecule has 2 aliphatic carbocycles. The van der Waals surface area contributed by atoms with Gasteiger partial charge in [0.15, 0.2) is 0 Å². The molecule has 0 saturated heterocycles. The first-order valence-electron chi connectivity index (χ1n) is 7.82. The number of rotatable bonds is 1. The molecular formula is C20H20O. The van der Waals surface area contributed by atoms with E-state index < -0.39 is 0 Å². The summed E-state index contributed by atoms with van der Waals surface area (Å²) < 4.78 is 5.96. The number of furan rings is 1. The van der Waals surface area contributed by atoms with E-state index in [2.05, 4.69) is 56.4 Å². The Morgan fingerprint density at radius 1 is 1.19 bits per heavy atom. The molecule has 0 aliphatic heterocycles. The van der Waals surface area contributed by atoms with Crippen molar-refractivity contribution in [3.8, 4) is 0 Å². The molecule has 0 radical (unpaired) electrons. The summed E-state index contributed by atoms with van der Waals surface area (Å²) in [4.78, 5) is 0. The summed E-state index contributed by atoms with van der Waals surface area (Å²) in [6.07, 6.45) is 12.2. The molecule has 4 rings (SSSR count). The second-order valence-corrected chi connectivity index (χ2v) is 6.34. The maximum Gasteiger partial charge on any atom is 0.135 e. The lowest BCUT2D eigenvalue weighted by Gasteiger charge is -2.20. The molecule has 0 bridgehead atoms. The van der Waals surface area contributed by atoms with Crippen molar-refractivity contribution < 1.29 is 4.42 Å².